The molecule has 5 rings (SSSR count). The van der Waals surface area contributed by atoms with Crippen molar-refractivity contribution in [2.24, 2.45) is 0 Å². The van der Waals surface area contributed by atoms with E-state index in [1.54, 1.807) is 18.6 Å². The number of nitrogens with one attached hydrogen (secondary N) is 1. The van der Waals surface area contributed by atoms with Gasteiger partial charge in [-0.1, -0.05) is 34.0 Å². The predicted molar refractivity (Wildman–Crippen MR) is 102 cm³/mol. The van der Waals surface area contributed by atoms with E-state index in [2.05, 4.69) is 30.6 Å². The number of aromatic amines is 1. The number of pyridine rings is 1. The number of nitrogens with zero attached hydrogens (tertiary/aromatic N) is 6. The van der Waals surface area contributed by atoms with E-state index in [1.165, 1.54) is 0 Å². The Labute approximate surface area is 165 Å². The summed E-state index contributed by atoms with van der Waals surface area (Å²) >= 11 is 6.19. The molecule has 140 valence electrons. The first-order valence-corrected chi connectivity index (χ1v) is 9.31. The molecule has 28 heavy (non-hydrogen) atoms. The number of hydrogen-bond acceptors (Lipinski definition) is 6. The topological polar surface area (TPSA) is 94.4 Å². The van der Waals surface area contributed by atoms with Crippen LogP contribution in [0, 0.1) is 0 Å². The van der Waals surface area contributed by atoms with Crippen molar-refractivity contribution in [1.82, 2.24) is 35.2 Å². The number of H-pyrrole nitrogens is 1. The molecule has 1 aliphatic rings. The van der Waals surface area contributed by atoms with Gasteiger partial charge < -0.3 is 4.74 Å². The van der Waals surface area contributed by atoms with Gasteiger partial charge in [0.05, 0.1) is 0 Å². The Kier molecular flexibility index (Phi) is 4.25. The molecule has 0 amide bonds. The molecule has 1 N–H and O–H groups in total. The Morgan fingerprint density at radius 3 is 2.68 bits per heavy atom. The molecule has 0 spiro atoms. The summed E-state index contributed by atoms with van der Waals surface area (Å²) in [5.41, 5.74) is 2.44. The molecule has 0 radical (unpaired) electrons. The minimum absolute atomic E-state index is 0.325. The first-order chi connectivity index (χ1) is 13.8. The third kappa shape index (κ3) is 3.22. The number of halogens is 1. The summed E-state index contributed by atoms with van der Waals surface area (Å²) in [4.78, 5) is 4.08. The number of aromatic nitrogens is 7. The summed E-state index contributed by atoms with van der Waals surface area (Å²) in [6.07, 6.45) is 6.81. The Hall–Kier alpha value is -3.26. The van der Waals surface area contributed by atoms with Crippen LogP contribution in [0.15, 0.2) is 55.0 Å². The van der Waals surface area contributed by atoms with E-state index in [9.17, 15) is 0 Å². The lowest BCUT2D eigenvalue weighted by Gasteiger charge is -2.18. The fourth-order valence-electron chi connectivity index (χ4n) is 3.13. The third-order valence-electron chi connectivity index (χ3n) is 4.59. The average Bonchev–Trinajstić information content (AvgIpc) is 3.25. The van der Waals surface area contributed by atoms with E-state index in [0.717, 1.165) is 29.8 Å². The van der Waals surface area contributed by atoms with E-state index in [0.29, 0.717) is 22.8 Å². The van der Waals surface area contributed by atoms with Crippen molar-refractivity contribution in [3.05, 3.63) is 71.3 Å². The van der Waals surface area contributed by atoms with Crippen LogP contribution in [0.1, 0.15) is 36.2 Å². The van der Waals surface area contributed by atoms with Crippen LogP contribution >= 0.6 is 11.6 Å². The van der Waals surface area contributed by atoms with Crippen molar-refractivity contribution in [2.45, 2.75) is 25.0 Å². The zero-order valence-electron chi connectivity index (χ0n) is 14.7. The minimum atomic E-state index is -0.510. The van der Waals surface area contributed by atoms with E-state index in [1.807, 2.05) is 41.0 Å². The van der Waals surface area contributed by atoms with Crippen LogP contribution < -0.4 is 4.74 Å². The van der Waals surface area contributed by atoms with Gasteiger partial charge >= 0.3 is 6.01 Å². The lowest BCUT2D eigenvalue weighted by atomic mass is 10.1. The maximum Gasteiger partial charge on any atom is 0.318 e. The Morgan fingerprint density at radius 1 is 1.11 bits per heavy atom. The van der Waals surface area contributed by atoms with Crippen LogP contribution in [-0.4, -0.2) is 35.2 Å². The summed E-state index contributed by atoms with van der Waals surface area (Å²) in [6.45, 7) is 0. The van der Waals surface area contributed by atoms with Crippen LogP contribution in [0.5, 0.6) is 6.01 Å². The molecule has 1 atom stereocenters. The molecule has 1 aliphatic carbocycles. The van der Waals surface area contributed by atoms with Crippen LogP contribution in [0.3, 0.4) is 0 Å². The van der Waals surface area contributed by atoms with Gasteiger partial charge in [-0.3, -0.25) is 14.6 Å². The summed E-state index contributed by atoms with van der Waals surface area (Å²) < 4.78 is 8.38. The normalized spacial score (nSPS) is 14.8. The van der Waals surface area contributed by atoms with Crippen molar-refractivity contribution in [2.75, 3.05) is 0 Å². The predicted octanol–water partition coefficient (Wildman–Crippen LogP) is 3.61. The van der Waals surface area contributed by atoms with Gasteiger partial charge in [-0.15, -0.1) is 10.2 Å². The highest BCUT2D eigenvalue weighted by atomic mass is 35.5. The average molecular weight is 394 g/mol. The van der Waals surface area contributed by atoms with Gasteiger partial charge in [0.25, 0.3) is 0 Å². The Balaban J connectivity index is 1.56. The maximum atomic E-state index is 6.33. The Bertz CT molecular complexity index is 1080. The minimum Gasteiger partial charge on any atom is -0.449 e. The third-order valence-corrected chi connectivity index (χ3v) is 4.83. The molecule has 8 nitrogen and oxygen atoms in total. The van der Waals surface area contributed by atoms with Gasteiger partial charge in [0, 0.05) is 40.8 Å². The molecule has 1 saturated carbocycles. The first-order valence-electron chi connectivity index (χ1n) is 8.93. The molecular weight excluding hydrogens is 378 g/mol. The zero-order chi connectivity index (χ0) is 18.9. The summed E-state index contributed by atoms with van der Waals surface area (Å²) in [5, 5.41) is 20.0. The molecule has 3 aromatic heterocycles. The summed E-state index contributed by atoms with van der Waals surface area (Å²) in [7, 11) is 0. The second kappa shape index (κ2) is 7.05. The van der Waals surface area contributed by atoms with E-state index in [4.69, 9.17) is 16.3 Å². The highest BCUT2D eigenvalue weighted by Gasteiger charge is 2.32. The van der Waals surface area contributed by atoms with Gasteiger partial charge in [0.2, 0.25) is 0 Å². The quantitative estimate of drug-likeness (QED) is 0.537. The lowest BCUT2D eigenvalue weighted by Crippen LogP contribution is -2.13. The molecule has 4 aromatic rings. The molecule has 0 aliphatic heterocycles. The highest BCUT2D eigenvalue weighted by molar-refractivity contribution is 6.30. The summed E-state index contributed by atoms with van der Waals surface area (Å²) in [6, 6.07) is 12.1. The molecule has 1 aromatic carbocycles. The standard InChI is InChI=1S/C19H16ClN7O/c20-14-3-1-2-13(10-14)17(16-11-22-26-23-16)28-19-25-24-18(27(19)15-4-5-15)12-6-8-21-9-7-12/h1-3,6-11,15,17H,4-5H2,(H,22,23,26). The van der Waals surface area contributed by atoms with E-state index >= 15 is 0 Å². The molecule has 0 saturated heterocycles. The van der Waals surface area contributed by atoms with Crippen molar-refractivity contribution in [3.8, 4) is 17.4 Å². The smallest absolute Gasteiger partial charge is 0.318 e. The van der Waals surface area contributed by atoms with Crippen molar-refractivity contribution >= 4 is 11.6 Å². The molecule has 1 fully saturated rings. The lowest BCUT2D eigenvalue weighted by molar-refractivity contribution is 0.211. The maximum absolute atomic E-state index is 6.33. The zero-order valence-corrected chi connectivity index (χ0v) is 15.5. The van der Waals surface area contributed by atoms with Gasteiger partial charge in [-0.25, -0.2) is 0 Å². The molecule has 0 bridgehead atoms. The van der Waals surface area contributed by atoms with E-state index < -0.39 is 6.10 Å². The monoisotopic (exact) mass is 393 g/mol. The number of ether oxygens (including phenoxy) is 1. The van der Waals surface area contributed by atoms with Gasteiger partial charge in [0.15, 0.2) is 11.9 Å². The second-order valence-electron chi connectivity index (χ2n) is 6.59. The van der Waals surface area contributed by atoms with Gasteiger partial charge in [0.1, 0.15) is 5.69 Å². The fourth-order valence-corrected chi connectivity index (χ4v) is 3.33. The highest BCUT2D eigenvalue weighted by Crippen LogP contribution is 2.42. The molecule has 9 heteroatoms. The van der Waals surface area contributed by atoms with Crippen LogP contribution in [0.2, 0.25) is 5.02 Å². The van der Waals surface area contributed by atoms with Crippen molar-refractivity contribution < 1.29 is 4.74 Å². The number of rotatable bonds is 6. The SMILES string of the molecule is Clc1cccc(C(Oc2nnc(-c3ccncc3)n2C2CC2)c2c[nH]nn2)c1. The number of hydrogen-bond donors (Lipinski definition) is 1. The largest absolute Gasteiger partial charge is 0.449 e. The number of benzene rings is 1. The first kappa shape index (κ1) is 16.9. The van der Waals surface area contributed by atoms with Gasteiger partial charge in [-0.05, 0) is 37.1 Å². The van der Waals surface area contributed by atoms with Crippen molar-refractivity contribution in [3.63, 3.8) is 0 Å². The van der Waals surface area contributed by atoms with Crippen LogP contribution in [-0.2, 0) is 0 Å². The van der Waals surface area contributed by atoms with Crippen LogP contribution in [0.4, 0.5) is 0 Å². The molecule has 1 unspecified atom stereocenters. The molecular formula is C19H16ClN7O. The van der Waals surface area contributed by atoms with Crippen LogP contribution in [0.25, 0.3) is 11.4 Å². The molecule has 3 heterocycles. The van der Waals surface area contributed by atoms with Crippen molar-refractivity contribution in [1.29, 1.82) is 0 Å². The fraction of sp³-hybridized carbons (Fsp3) is 0.211. The second-order valence-corrected chi connectivity index (χ2v) is 7.03. The van der Waals surface area contributed by atoms with E-state index in [-0.39, 0.29) is 0 Å². The Morgan fingerprint density at radius 2 is 1.96 bits per heavy atom. The summed E-state index contributed by atoms with van der Waals surface area (Å²) in [5.74, 6) is 0.768. The van der Waals surface area contributed by atoms with Gasteiger partial charge in [-0.2, -0.15) is 0 Å².